The van der Waals surface area contributed by atoms with Crippen molar-refractivity contribution < 1.29 is 9.59 Å². The number of carbonyl (C=O) groups is 2. The Balaban J connectivity index is 1.49. The molecular weight excluding hydrogens is 452 g/mol. The molecule has 31 heavy (non-hydrogen) atoms. The Labute approximate surface area is 194 Å². The molecule has 1 aliphatic rings. The molecule has 2 aromatic heterocycles. The van der Waals surface area contributed by atoms with E-state index < -0.39 is 6.04 Å². The lowest BCUT2D eigenvalue weighted by atomic mass is 10.0. The zero-order chi connectivity index (χ0) is 21.8. The molecule has 3 aromatic rings. The molecule has 3 heterocycles. The molecule has 0 bridgehead atoms. The highest BCUT2D eigenvalue weighted by Crippen LogP contribution is 2.22. The summed E-state index contributed by atoms with van der Waals surface area (Å²) < 4.78 is 0.529. The first-order valence-corrected chi connectivity index (χ1v) is 12.2. The molecule has 9 heteroatoms. The molecule has 2 amide bonds. The number of benzene rings is 1. The number of likely N-dealkylation sites (N-methyl/N-ethyl adjacent to an activating group) is 1. The molecule has 0 radical (unpaired) electrons. The van der Waals surface area contributed by atoms with Crippen molar-refractivity contribution in [3.05, 3.63) is 67.3 Å². The highest BCUT2D eigenvalue weighted by Gasteiger charge is 2.24. The minimum absolute atomic E-state index is 0.269. The van der Waals surface area contributed by atoms with Crippen molar-refractivity contribution >= 4 is 51.8 Å². The molecule has 162 valence electrons. The van der Waals surface area contributed by atoms with Gasteiger partial charge in [0.05, 0.1) is 20.4 Å². The minimum Gasteiger partial charge on any atom is -0.339 e. The minimum atomic E-state index is -0.750. The number of rotatable bonds is 6. The van der Waals surface area contributed by atoms with Crippen molar-refractivity contribution in [2.45, 2.75) is 25.3 Å². The summed E-state index contributed by atoms with van der Waals surface area (Å²) in [4.78, 5) is 32.8. The Morgan fingerprint density at radius 2 is 2.00 bits per heavy atom. The van der Waals surface area contributed by atoms with Crippen LogP contribution >= 0.6 is 34.3 Å². The van der Waals surface area contributed by atoms with E-state index in [1.165, 1.54) is 33.8 Å². The van der Waals surface area contributed by atoms with Gasteiger partial charge in [0.25, 0.3) is 5.91 Å². The number of anilines is 1. The Morgan fingerprint density at radius 3 is 2.71 bits per heavy atom. The van der Waals surface area contributed by atoms with Crippen LogP contribution in [0.5, 0.6) is 0 Å². The van der Waals surface area contributed by atoms with E-state index in [2.05, 4.69) is 33.6 Å². The van der Waals surface area contributed by atoms with Gasteiger partial charge in [0.2, 0.25) is 5.91 Å². The van der Waals surface area contributed by atoms with Crippen LogP contribution in [0, 0.1) is 0 Å². The van der Waals surface area contributed by atoms with Crippen molar-refractivity contribution in [3.8, 4) is 0 Å². The van der Waals surface area contributed by atoms with E-state index in [0.717, 1.165) is 37.3 Å². The zero-order valence-corrected chi connectivity index (χ0v) is 19.4. The van der Waals surface area contributed by atoms with Crippen LogP contribution in [-0.4, -0.2) is 47.9 Å². The number of thiazole rings is 1. The molecule has 1 aromatic carbocycles. The average molecular weight is 475 g/mol. The number of carbonyl (C=O) groups excluding carboxylic acids is 2. The molecule has 2 N–H and O–H groups in total. The van der Waals surface area contributed by atoms with Gasteiger partial charge >= 0.3 is 0 Å². The van der Waals surface area contributed by atoms with Gasteiger partial charge in [0, 0.05) is 30.6 Å². The Morgan fingerprint density at radius 1 is 1.19 bits per heavy atom. The maximum absolute atomic E-state index is 13.1. The lowest BCUT2D eigenvalue weighted by Gasteiger charge is -2.18. The largest absolute Gasteiger partial charge is 0.339 e. The molecule has 0 saturated heterocycles. The van der Waals surface area contributed by atoms with E-state index in [9.17, 15) is 9.59 Å². The predicted molar refractivity (Wildman–Crippen MR) is 126 cm³/mol. The van der Waals surface area contributed by atoms with Crippen molar-refractivity contribution in [1.29, 1.82) is 0 Å². The second-order valence-electron chi connectivity index (χ2n) is 7.59. The third kappa shape index (κ3) is 5.71. The normalized spacial score (nSPS) is 15.0. The number of nitrogens with zero attached hydrogens (tertiary/aromatic N) is 2. The van der Waals surface area contributed by atoms with E-state index in [1.54, 1.807) is 17.6 Å². The maximum atomic E-state index is 13.1. The van der Waals surface area contributed by atoms with Crippen LogP contribution in [0.1, 0.15) is 26.5 Å². The number of amides is 2. The average Bonchev–Trinajstić information content (AvgIpc) is 3.38. The number of hydrogen-bond donors (Lipinski definition) is 2. The number of nitrogens with one attached hydrogen (secondary N) is 2. The van der Waals surface area contributed by atoms with Crippen LogP contribution in [0.15, 0.2) is 41.2 Å². The highest BCUT2D eigenvalue weighted by atomic mass is 35.5. The second kappa shape index (κ2) is 9.91. The third-order valence-electron chi connectivity index (χ3n) is 5.32. The summed E-state index contributed by atoms with van der Waals surface area (Å²) in [6.45, 7) is 2.03. The predicted octanol–water partition coefficient (Wildman–Crippen LogP) is 3.87. The summed E-state index contributed by atoms with van der Waals surface area (Å²) in [6, 6.07) is 8.65. The Hall–Kier alpha value is -2.26. The van der Waals surface area contributed by atoms with Gasteiger partial charge < -0.3 is 15.5 Å². The summed E-state index contributed by atoms with van der Waals surface area (Å²) >= 11 is 8.59. The summed E-state index contributed by atoms with van der Waals surface area (Å²) in [6.07, 6.45) is 2.27. The summed E-state index contributed by atoms with van der Waals surface area (Å²) in [5.41, 5.74) is 5.80. The summed E-state index contributed by atoms with van der Waals surface area (Å²) in [5.74, 6) is -0.591. The molecule has 6 nitrogen and oxygen atoms in total. The van der Waals surface area contributed by atoms with Crippen LogP contribution in [0.3, 0.4) is 0 Å². The zero-order valence-electron chi connectivity index (χ0n) is 17.1. The second-order valence-corrected chi connectivity index (χ2v) is 10.0. The smallest absolute Gasteiger partial charge is 0.262 e. The van der Waals surface area contributed by atoms with Crippen molar-refractivity contribution in [2.24, 2.45) is 0 Å². The van der Waals surface area contributed by atoms with Gasteiger partial charge in [-0.15, -0.1) is 22.7 Å². The van der Waals surface area contributed by atoms with E-state index in [1.807, 2.05) is 17.5 Å². The highest BCUT2D eigenvalue weighted by molar-refractivity contribution is 7.18. The fraction of sp³-hybridized carbons (Fsp3) is 0.318. The first-order chi connectivity index (χ1) is 15.0. The van der Waals surface area contributed by atoms with E-state index in [-0.39, 0.29) is 11.8 Å². The summed E-state index contributed by atoms with van der Waals surface area (Å²) in [5, 5.41) is 7.71. The SMILES string of the molecule is CN1CCc2ccc(NC(=O)C(Cc3cscn3)NC(=O)c3ccc(Cl)s3)cc2CC1. The number of hydrogen-bond acceptors (Lipinski definition) is 6. The van der Waals surface area contributed by atoms with Gasteiger partial charge in [-0.25, -0.2) is 4.98 Å². The van der Waals surface area contributed by atoms with Crippen LogP contribution in [0.4, 0.5) is 5.69 Å². The molecule has 4 rings (SSSR count). The van der Waals surface area contributed by atoms with Crippen molar-refractivity contribution in [2.75, 3.05) is 25.5 Å². The monoisotopic (exact) mass is 474 g/mol. The maximum Gasteiger partial charge on any atom is 0.262 e. The molecule has 0 saturated carbocycles. The molecule has 0 fully saturated rings. The van der Waals surface area contributed by atoms with Crippen molar-refractivity contribution in [3.63, 3.8) is 0 Å². The van der Waals surface area contributed by atoms with Crippen LogP contribution in [-0.2, 0) is 24.1 Å². The Kier molecular flexibility index (Phi) is 7.02. The van der Waals surface area contributed by atoms with E-state index in [4.69, 9.17) is 11.6 Å². The van der Waals surface area contributed by atoms with E-state index >= 15 is 0 Å². The quantitative estimate of drug-likeness (QED) is 0.568. The number of fused-ring (bicyclic) bond motifs is 1. The standard InChI is InChI=1S/C22H23ClN4O2S2/c1-27-8-6-14-2-3-16(10-15(14)7-9-27)25-21(28)18(11-17-12-30-13-24-17)26-22(29)19-4-5-20(23)31-19/h2-5,10,12-13,18H,6-9,11H2,1H3,(H,25,28)(H,26,29). The molecule has 0 spiro atoms. The van der Waals surface area contributed by atoms with Crippen LogP contribution in [0.25, 0.3) is 0 Å². The molecular formula is C22H23ClN4O2S2. The van der Waals surface area contributed by atoms with Gasteiger partial charge in [0.15, 0.2) is 0 Å². The van der Waals surface area contributed by atoms with Crippen LogP contribution < -0.4 is 10.6 Å². The number of halogens is 1. The van der Waals surface area contributed by atoms with Crippen LogP contribution in [0.2, 0.25) is 4.34 Å². The molecule has 1 unspecified atom stereocenters. The van der Waals surface area contributed by atoms with Gasteiger partial charge in [-0.05, 0) is 55.3 Å². The van der Waals surface area contributed by atoms with Gasteiger partial charge in [-0.3, -0.25) is 9.59 Å². The van der Waals surface area contributed by atoms with Gasteiger partial charge in [-0.1, -0.05) is 17.7 Å². The fourth-order valence-electron chi connectivity index (χ4n) is 3.57. The molecule has 1 atom stereocenters. The first-order valence-electron chi connectivity index (χ1n) is 10.0. The lowest BCUT2D eigenvalue weighted by Crippen LogP contribution is -2.45. The van der Waals surface area contributed by atoms with Gasteiger partial charge in [0.1, 0.15) is 6.04 Å². The van der Waals surface area contributed by atoms with E-state index in [0.29, 0.717) is 15.6 Å². The summed E-state index contributed by atoms with van der Waals surface area (Å²) in [7, 11) is 2.13. The molecule has 0 aliphatic carbocycles. The number of aromatic nitrogens is 1. The lowest BCUT2D eigenvalue weighted by molar-refractivity contribution is -0.118. The topological polar surface area (TPSA) is 74.3 Å². The molecule has 1 aliphatic heterocycles. The third-order valence-corrected chi connectivity index (χ3v) is 7.18. The fourth-order valence-corrected chi connectivity index (χ4v) is 5.08. The van der Waals surface area contributed by atoms with Crippen molar-refractivity contribution in [1.82, 2.24) is 15.2 Å². The first kappa shape index (κ1) is 22.0. The Bertz CT molecular complexity index is 1070. The van der Waals surface area contributed by atoms with Gasteiger partial charge in [-0.2, -0.15) is 0 Å². The number of thiophene rings is 1.